The van der Waals surface area contributed by atoms with Gasteiger partial charge in [-0.05, 0) is 99.6 Å². The lowest BCUT2D eigenvalue weighted by Crippen LogP contribution is -2.50. The van der Waals surface area contributed by atoms with Gasteiger partial charge >= 0.3 is 0 Å². The predicted octanol–water partition coefficient (Wildman–Crippen LogP) is 7.80. The largest absolute Gasteiger partial charge is 0.352 e. The highest BCUT2D eigenvalue weighted by Crippen LogP contribution is 2.65. The fourth-order valence-corrected chi connectivity index (χ4v) is 8.47. The zero-order valence-corrected chi connectivity index (χ0v) is 21.1. The van der Waals surface area contributed by atoms with Crippen molar-refractivity contribution >= 4 is 16.7 Å². The third kappa shape index (κ3) is 3.05. The van der Waals surface area contributed by atoms with Gasteiger partial charge in [-0.25, -0.2) is 4.98 Å². The van der Waals surface area contributed by atoms with Gasteiger partial charge in [0.1, 0.15) is 6.33 Å². The Morgan fingerprint density at radius 1 is 1.06 bits per heavy atom. The molecule has 4 aliphatic carbocycles. The van der Waals surface area contributed by atoms with Crippen LogP contribution in [0.3, 0.4) is 0 Å². The number of fused-ring (bicyclic) bond motifs is 6. The van der Waals surface area contributed by atoms with Crippen LogP contribution in [-0.2, 0) is 0 Å². The Balaban J connectivity index is 1.28. The third-order valence-electron chi connectivity index (χ3n) is 10.3. The van der Waals surface area contributed by atoms with Crippen molar-refractivity contribution in [2.75, 3.05) is 0 Å². The summed E-state index contributed by atoms with van der Waals surface area (Å²) in [4.78, 5) is 7.06. The molecule has 4 unspecified atom stereocenters. The van der Waals surface area contributed by atoms with Crippen LogP contribution in [-0.4, -0.2) is 20.5 Å². The molecule has 3 heteroatoms. The topological polar surface area (TPSA) is 21.1 Å². The molecule has 0 spiro atoms. The van der Waals surface area contributed by atoms with Crippen molar-refractivity contribution in [2.45, 2.75) is 71.8 Å². The van der Waals surface area contributed by atoms with Crippen LogP contribution in [0, 0.1) is 28.6 Å². The van der Waals surface area contributed by atoms with Crippen molar-refractivity contribution in [1.82, 2.24) is 14.5 Å². The van der Waals surface area contributed by atoms with Gasteiger partial charge in [0.05, 0.1) is 11.0 Å². The van der Waals surface area contributed by atoms with Gasteiger partial charge in [0, 0.05) is 17.2 Å². The van der Waals surface area contributed by atoms with E-state index in [4.69, 9.17) is 4.98 Å². The van der Waals surface area contributed by atoms with Gasteiger partial charge in [-0.15, -0.1) is 0 Å². The summed E-state index contributed by atoms with van der Waals surface area (Å²) in [5.74, 6) is 2.35. The van der Waals surface area contributed by atoms with Gasteiger partial charge in [-0.1, -0.05) is 56.4 Å². The zero-order chi connectivity index (χ0) is 23.5. The molecular weight excluding hydrogens is 414 g/mol. The number of imidazole rings is 1. The number of aromatic nitrogens is 2. The van der Waals surface area contributed by atoms with E-state index in [0.717, 1.165) is 23.3 Å². The molecule has 2 fully saturated rings. The number of rotatable bonds is 4. The number of hydrogen-bond donors (Lipinski definition) is 0. The summed E-state index contributed by atoms with van der Waals surface area (Å²) in [6.45, 7) is 11.3. The summed E-state index contributed by atoms with van der Waals surface area (Å²) in [6.07, 6.45) is 22.5. The molecule has 6 rings (SSSR count). The van der Waals surface area contributed by atoms with E-state index in [-0.39, 0.29) is 5.41 Å². The van der Waals surface area contributed by atoms with E-state index in [1.54, 1.807) is 5.57 Å². The Labute approximate surface area is 204 Å². The van der Waals surface area contributed by atoms with Crippen LogP contribution in [0.1, 0.15) is 65.7 Å². The van der Waals surface area contributed by atoms with Gasteiger partial charge in [0.2, 0.25) is 0 Å². The predicted molar refractivity (Wildman–Crippen MR) is 142 cm³/mol. The molecule has 3 nitrogen and oxygen atoms in total. The van der Waals surface area contributed by atoms with Crippen LogP contribution in [0.2, 0.25) is 0 Å². The fourth-order valence-electron chi connectivity index (χ4n) is 8.47. The van der Waals surface area contributed by atoms with Gasteiger partial charge in [0.25, 0.3) is 0 Å². The molecule has 0 amide bonds. The molecule has 0 N–H and O–H groups in total. The maximum Gasteiger partial charge on any atom is 0.100 e. The van der Waals surface area contributed by atoms with Crippen LogP contribution in [0.5, 0.6) is 0 Å². The highest BCUT2D eigenvalue weighted by atomic mass is 15.1. The molecule has 2 aromatic rings. The molecule has 1 aromatic carbocycles. The van der Waals surface area contributed by atoms with Crippen molar-refractivity contribution in [3.63, 3.8) is 0 Å². The molecule has 34 heavy (non-hydrogen) atoms. The summed E-state index contributed by atoms with van der Waals surface area (Å²) in [6, 6.07) is 9.15. The SMILES string of the molecule is C=CN(/C=C\C)[C@H]1CC[C@@]2(C)C(=CCC3C4CC=C(n5cnc6ccccc65)C4(C)CCC32)C1. The van der Waals surface area contributed by atoms with Crippen LogP contribution in [0.15, 0.2) is 73.4 Å². The Morgan fingerprint density at radius 3 is 2.71 bits per heavy atom. The minimum atomic E-state index is 0.245. The molecular formula is C31H39N3. The molecule has 0 saturated heterocycles. The molecule has 0 radical (unpaired) electrons. The summed E-state index contributed by atoms with van der Waals surface area (Å²) in [5.41, 5.74) is 6.20. The van der Waals surface area contributed by atoms with Crippen molar-refractivity contribution in [3.8, 4) is 0 Å². The molecule has 1 aromatic heterocycles. The first-order valence-electron chi connectivity index (χ1n) is 13.3. The smallest absolute Gasteiger partial charge is 0.100 e. The van der Waals surface area contributed by atoms with E-state index < -0.39 is 0 Å². The Kier molecular flexibility index (Phi) is 5.17. The summed E-state index contributed by atoms with van der Waals surface area (Å²) >= 11 is 0. The van der Waals surface area contributed by atoms with E-state index in [1.165, 1.54) is 56.2 Å². The first-order valence-corrected chi connectivity index (χ1v) is 13.3. The van der Waals surface area contributed by atoms with Gasteiger partial charge in [-0.3, -0.25) is 0 Å². The van der Waals surface area contributed by atoms with E-state index in [9.17, 15) is 0 Å². The Bertz CT molecular complexity index is 1200. The second-order valence-corrected chi connectivity index (χ2v) is 11.7. The molecule has 178 valence electrons. The highest BCUT2D eigenvalue weighted by Gasteiger charge is 2.57. The Hall–Kier alpha value is -2.55. The minimum absolute atomic E-state index is 0.245. The quantitative estimate of drug-likeness (QED) is 0.440. The average Bonchev–Trinajstić information content (AvgIpc) is 3.42. The number of allylic oxidation sites excluding steroid dienone is 4. The standard InChI is InChI=1S/C31H39N3/c1-5-19-33(6-2)23-15-17-30(3)22(20-23)11-12-24-25-13-14-29(31(25,4)18-16-26(24)30)34-21-32-27-9-7-8-10-28(27)34/h5-11,14,19,21,23-26H,2,12-13,15-18,20H2,1,3-4H3/b19-5-/t23-,24?,25?,26?,30-,31?/m0/s1. The van der Waals surface area contributed by atoms with Crippen molar-refractivity contribution < 1.29 is 0 Å². The maximum absolute atomic E-state index is 4.72. The lowest BCUT2D eigenvalue weighted by Gasteiger charge is -2.58. The highest BCUT2D eigenvalue weighted by molar-refractivity contribution is 5.80. The third-order valence-corrected chi connectivity index (χ3v) is 10.3. The summed E-state index contributed by atoms with van der Waals surface area (Å²) in [7, 11) is 0. The van der Waals surface area contributed by atoms with E-state index >= 15 is 0 Å². The number of para-hydroxylation sites is 2. The summed E-state index contributed by atoms with van der Waals surface area (Å²) < 4.78 is 2.40. The maximum atomic E-state index is 4.72. The van der Waals surface area contributed by atoms with E-state index in [0.29, 0.717) is 11.5 Å². The van der Waals surface area contributed by atoms with Crippen molar-refractivity contribution in [1.29, 1.82) is 0 Å². The lowest BCUT2D eigenvalue weighted by atomic mass is 9.47. The molecule has 4 aliphatic rings. The van der Waals surface area contributed by atoms with Crippen LogP contribution in [0.4, 0.5) is 0 Å². The van der Waals surface area contributed by atoms with Crippen molar-refractivity contribution in [2.24, 2.45) is 28.6 Å². The first kappa shape index (κ1) is 21.9. The molecule has 2 saturated carbocycles. The lowest BCUT2D eigenvalue weighted by molar-refractivity contribution is -0.0163. The minimum Gasteiger partial charge on any atom is -0.352 e. The van der Waals surface area contributed by atoms with E-state index in [2.05, 4.69) is 91.8 Å². The summed E-state index contributed by atoms with van der Waals surface area (Å²) in [5, 5.41) is 0. The van der Waals surface area contributed by atoms with E-state index in [1.807, 2.05) is 6.20 Å². The Morgan fingerprint density at radius 2 is 1.88 bits per heavy atom. The fraction of sp³-hybridized carbons (Fsp3) is 0.516. The normalized spacial score (nSPS) is 37.0. The molecule has 0 bridgehead atoms. The number of nitrogens with zero attached hydrogens (tertiary/aromatic N) is 3. The van der Waals surface area contributed by atoms with Gasteiger partial charge in [0.15, 0.2) is 0 Å². The van der Waals surface area contributed by atoms with Crippen LogP contribution >= 0.6 is 0 Å². The average molecular weight is 454 g/mol. The van der Waals surface area contributed by atoms with Crippen LogP contribution < -0.4 is 0 Å². The second kappa shape index (κ2) is 8.00. The first-order chi connectivity index (χ1) is 16.5. The monoisotopic (exact) mass is 453 g/mol. The number of benzene rings is 1. The molecule has 1 heterocycles. The van der Waals surface area contributed by atoms with Gasteiger partial charge in [-0.2, -0.15) is 0 Å². The van der Waals surface area contributed by atoms with Crippen LogP contribution in [0.25, 0.3) is 16.7 Å². The zero-order valence-electron chi connectivity index (χ0n) is 21.1. The second-order valence-electron chi connectivity index (χ2n) is 11.7. The number of hydrogen-bond acceptors (Lipinski definition) is 2. The van der Waals surface area contributed by atoms with Gasteiger partial charge < -0.3 is 9.47 Å². The van der Waals surface area contributed by atoms with Crippen molar-refractivity contribution in [3.05, 3.63) is 73.4 Å². The molecule has 6 atom stereocenters. The molecule has 0 aliphatic heterocycles.